The van der Waals surface area contributed by atoms with Gasteiger partial charge in [-0.05, 0) is 29.8 Å². The maximum atomic E-state index is 13.2. The van der Waals surface area contributed by atoms with E-state index in [1.807, 2.05) is 87.8 Å². The molecular formula is C21H15N3O. The van der Waals surface area contributed by atoms with Gasteiger partial charge in [0.05, 0.1) is 28.6 Å². The minimum absolute atomic E-state index is 0.0706. The molecule has 0 spiro atoms. The number of para-hydroxylation sites is 4. The van der Waals surface area contributed by atoms with Crippen molar-refractivity contribution < 1.29 is 0 Å². The van der Waals surface area contributed by atoms with Crippen molar-refractivity contribution in [3.63, 3.8) is 0 Å². The molecule has 0 amide bonds. The number of imidazole rings is 1. The highest BCUT2D eigenvalue weighted by molar-refractivity contribution is 5.88. The zero-order valence-corrected chi connectivity index (χ0v) is 13.5. The first-order valence-electron chi connectivity index (χ1n) is 8.25. The highest BCUT2D eigenvalue weighted by Crippen LogP contribution is 2.21. The summed E-state index contributed by atoms with van der Waals surface area (Å²) in [5, 5.41) is 0. The smallest absolute Gasteiger partial charge is 0.295 e. The van der Waals surface area contributed by atoms with Gasteiger partial charge in [-0.15, -0.1) is 0 Å². The third kappa shape index (κ3) is 2.08. The van der Waals surface area contributed by atoms with Crippen LogP contribution >= 0.6 is 0 Å². The third-order valence-corrected chi connectivity index (χ3v) is 4.59. The molecule has 0 N–H and O–H groups in total. The van der Waals surface area contributed by atoms with Gasteiger partial charge in [-0.2, -0.15) is 0 Å². The molecule has 5 rings (SSSR count). The highest BCUT2D eigenvalue weighted by Gasteiger charge is 2.15. The summed E-state index contributed by atoms with van der Waals surface area (Å²) in [4.78, 5) is 17.8. The average molecular weight is 325 g/mol. The summed E-state index contributed by atoms with van der Waals surface area (Å²) in [6.45, 7) is 0.528. The Balaban J connectivity index is 1.93. The van der Waals surface area contributed by atoms with Gasteiger partial charge in [-0.3, -0.25) is 13.8 Å². The molecule has 0 aliphatic rings. The molecule has 0 aliphatic heterocycles. The van der Waals surface area contributed by atoms with Gasteiger partial charge in [0.25, 0.3) is 5.56 Å². The lowest BCUT2D eigenvalue weighted by atomic mass is 10.2. The maximum absolute atomic E-state index is 13.2. The second-order valence-electron chi connectivity index (χ2n) is 6.13. The van der Waals surface area contributed by atoms with Crippen LogP contribution in [-0.2, 0) is 6.54 Å². The molecule has 3 aromatic carbocycles. The van der Waals surface area contributed by atoms with Crippen molar-refractivity contribution in [2.45, 2.75) is 6.54 Å². The van der Waals surface area contributed by atoms with Crippen LogP contribution < -0.4 is 5.56 Å². The molecule has 2 aromatic heterocycles. The fourth-order valence-corrected chi connectivity index (χ4v) is 3.45. The van der Waals surface area contributed by atoms with Gasteiger partial charge in [-0.1, -0.05) is 54.6 Å². The maximum Gasteiger partial charge on any atom is 0.295 e. The Morgan fingerprint density at radius 1 is 0.720 bits per heavy atom. The SMILES string of the molecule is O=c1c2nc3ccccc3n2c2ccccc2n1Cc1ccccc1. The summed E-state index contributed by atoms with van der Waals surface area (Å²) in [6, 6.07) is 25.9. The molecular weight excluding hydrogens is 310 g/mol. The van der Waals surface area contributed by atoms with Crippen LogP contribution in [0.4, 0.5) is 0 Å². The lowest BCUT2D eigenvalue weighted by molar-refractivity contribution is 0.791. The van der Waals surface area contributed by atoms with Gasteiger partial charge in [0.2, 0.25) is 5.65 Å². The molecule has 0 bridgehead atoms. The predicted octanol–water partition coefficient (Wildman–Crippen LogP) is 3.85. The van der Waals surface area contributed by atoms with Crippen molar-refractivity contribution in [1.82, 2.24) is 14.0 Å². The number of rotatable bonds is 2. The van der Waals surface area contributed by atoms with E-state index in [0.29, 0.717) is 12.2 Å². The fourth-order valence-electron chi connectivity index (χ4n) is 3.45. The van der Waals surface area contributed by atoms with Gasteiger partial charge < -0.3 is 0 Å². The van der Waals surface area contributed by atoms with E-state index in [1.165, 1.54) is 0 Å². The first-order chi connectivity index (χ1) is 12.3. The van der Waals surface area contributed by atoms with Crippen LogP contribution in [-0.4, -0.2) is 14.0 Å². The molecule has 0 radical (unpaired) electrons. The average Bonchev–Trinajstić information content (AvgIpc) is 3.06. The quantitative estimate of drug-likeness (QED) is 0.494. The van der Waals surface area contributed by atoms with Gasteiger partial charge in [-0.25, -0.2) is 4.98 Å². The Morgan fingerprint density at radius 2 is 1.36 bits per heavy atom. The van der Waals surface area contributed by atoms with Crippen LogP contribution in [0.15, 0.2) is 83.7 Å². The van der Waals surface area contributed by atoms with E-state index in [2.05, 4.69) is 4.98 Å². The lowest BCUT2D eigenvalue weighted by Crippen LogP contribution is -2.23. The Bertz CT molecular complexity index is 1280. The van der Waals surface area contributed by atoms with Crippen molar-refractivity contribution in [2.75, 3.05) is 0 Å². The molecule has 2 heterocycles. The monoisotopic (exact) mass is 325 g/mol. The minimum atomic E-state index is -0.0706. The van der Waals surface area contributed by atoms with Crippen LogP contribution in [0.2, 0.25) is 0 Å². The van der Waals surface area contributed by atoms with E-state index in [0.717, 1.165) is 27.6 Å². The van der Waals surface area contributed by atoms with Crippen LogP contribution in [0, 0.1) is 0 Å². The van der Waals surface area contributed by atoms with Crippen LogP contribution in [0.25, 0.3) is 27.7 Å². The number of hydrogen-bond acceptors (Lipinski definition) is 2. The standard InChI is InChI=1S/C21H15N3O/c25-21-20-22-16-10-4-5-11-17(16)24(20)19-13-7-6-12-18(19)23(21)14-15-8-2-1-3-9-15/h1-13H,14H2. The molecule has 0 unspecified atom stereocenters. The molecule has 0 aliphatic carbocycles. The van der Waals surface area contributed by atoms with E-state index >= 15 is 0 Å². The Labute approximate surface area is 143 Å². The van der Waals surface area contributed by atoms with E-state index in [4.69, 9.17) is 0 Å². The highest BCUT2D eigenvalue weighted by atomic mass is 16.1. The molecule has 0 saturated carbocycles. The second kappa shape index (κ2) is 5.31. The minimum Gasteiger partial charge on any atom is -0.299 e. The van der Waals surface area contributed by atoms with E-state index in [9.17, 15) is 4.79 Å². The predicted molar refractivity (Wildman–Crippen MR) is 100 cm³/mol. The second-order valence-corrected chi connectivity index (χ2v) is 6.13. The van der Waals surface area contributed by atoms with Gasteiger partial charge >= 0.3 is 0 Å². The summed E-state index contributed by atoms with van der Waals surface area (Å²) in [5.74, 6) is 0. The van der Waals surface area contributed by atoms with E-state index in [-0.39, 0.29) is 5.56 Å². The Hall–Kier alpha value is -3.40. The summed E-state index contributed by atoms with van der Waals surface area (Å²) in [6.07, 6.45) is 0. The molecule has 0 atom stereocenters. The normalized spacial score (nSPS) is 11.5. The summed E-state index contributed by atoms with van der Waals surface area (Å²) in [7, 11) is 0. The first kappa shape index (κ1) is 14.0. The molecule has 0 saturated heterocycles. The van der Waals surface area contributed by atoms with Crippen LogP contribution in [0.5, 0.6) is 0 Å². The number of benzene rings is 3. The number of fused-ring (bicyclic) bond motifs is 5. The van der Waals surface area contributed by atoms with Crippen molar-refractivity contribution >= 4 is 27.7 Å². The number of aromatic nitrogens is 3. The molecule has 4 nitrogen and oxygen atoms in total. The van der Waals surface area contributed by atoms with E-state index in [1.54, 1.807) is 0 Å². The topological polar surface area (TPSA) is 39.3 Å². The van der Waals surface area contributed by atoms with Crippen molar-refractivity contribution in [3.05, 3.63) is 94.8 Å². The Kier molecular flexibility index (Phi) is 2.97. The van der Waals surface area contributed by atoms with E-state index < -0.39 is 0 Å². The molecule has 0 fully saturated rings. The summed E-state index contributed by atoms with van der Waals surface area (Å²) in [5.41, 5.74) is 5.18. The first-order valence-corrected chi connectivity index (χ1v) is 8.25. The zero-order chi connectivity index (χ0) is 16.8. The molecule has 25 heavy (non-hydrogen) atoms. The van der Waals surface area contributed by atoms with Crippen LogP contribution in [0.1, 0.15) is 5.56 Å². The number of hydrogen-bond donors (Lipinski definition) is 0. The van der Waals surface area contributed by atoms with Gasteiger partial charge in [0, 0.05) is 0 Å². The zero-order valence-electron chi connectivity index (χ0n) is 13.5. The third-order valence-electron chi connectivity index (χ3n) is 4.59. The molecule has 120 valence electrons. The number of nitrogens with zero attached hydrogens (tertiary/aromatic N) is 3. The summed E-state index contributed by atoms with van der Waals surface area (Å²) < 4.78 is 3.78. The molecule has 5 aromatic rings. The van der Waals surface area contributed by atoms with Crippen molar-refractivity contribution in [3.8, 4) is 0 Å². The fraction of sp³-hybridized carbons (Fsp3) is 0.0476. The van der Waals surface area contributed by atoms with Gasteiger partial charge in [0.15, 0.2) is 0 Å². The Morgan fingerprint density at radius 3 is 2.16 bits per heavy atom. The largest absolute Gasteiger partial charge is 0.299 e. The summed E-state index contributed by atoms with van der Waals surface area (Å²) >= 11 is 0. The van der Waals surface area contributed by atoms with Gasteiger partial charge in [0.1, 0.15) is 0 Å². The van der Waals surface area contributed by atoms with Crippen molar-refractivity contribution in [1.29, 1.82) is 0 Å². The van der Waals surface area contributed by atoms with Crippen LogP contribution in [0.3, 0.4) is 0 Å². The molecule has 4 heteroatoms. The van der Waals surface area contributed by atoms with Crippen molar-refractivity contribution in [2.24, 2.45) is 0 Å². The lowest BCUT2D eigenvalue weighted by Gasteiger charge is -2.12.